The number of rotatable bonds is 7. The molecule has 0 radical (unpaired) electrons. The van der Waals surface area contributed by atoms with Crippen LogP contribution < -0.4 is 24.2 Å². The number of anilines is 2. The standard InChI is InChI=1S/C17H17N3O9S2/c1-28-14-4-2-10(6-15(14)30(18,24)25)19-31(26,27)11-3-5-13-12(7-11)20(8-17(22)23)16(21)9-29-13/h2-7,19H,8-9H2,1H3,(H,22,23)(H2,18,24,25). The third-order valence-corrected chi connectivity index (χ3v) is 6.51. The number of hydrogen-bond acceptors (Lipinski definition) is 8. The molecule has 31 heavy (non-hydrogen) atoms. The van der Waals surface area contributed by atoms with Crippen LogP contribution in [-0.4, -0.2) is 54.1 Å². The number of primary sulfonamides is 1. The first kappa shape index (κ1) is 22.3. The van der Waals surface area contributed by atoms with Gasteiger partial charge in [0, 0.05) is 0 Å². The monoisotopic (exact) mass is 471 g/mol. The summed E-state index contributed by atoms with van der Waals surface area (Å²) < 4.78 is 61.5. The molecule has 0 bridgehead atoms. The molecule has 0 aliphatic carbocycles. The van der Waals surface area contributed by atoms with E-state index in [1.807, 2.05) is 0 Å². The molecule has 3 rings (SSSR count). The molecule has 0 spiro atoms. The predicted molar refractivity (Wildman–Crippen MR) is 107 cm³/mol. The highest BCUT2D eigenvalue weighted by Crippen LogP contribution is 2.35. The van der Waals surface area contributed by atoms with E-state index < -0.39 is 43.4 Å². The van der Waals surface area contributed by atoms with Gasteiger partial charge >= 0.3 is 5.97 Å². The van der Waals surface area contributed by atoms with Crippen molar-refractivity contribution in [3.05, 3.63) is 36.4 Å². The summed E-state index contributed by atoms with van der Waals surface area (Å²) >= 11 is 0. The number of carboxylic acid groups (broad SMARTS) is 1. The van der Waals surface area contributed by atoms with E-state index in [1.165, 1.54) is 31.4 Å². The quantitative estimate of drug-likeness (QED) is 0.498. The minimum Gasteiger partial charge on any atom is -0.495 e. The Hall–Kier alpha value is -3.36. The van der Waals surface area contributed by atoms with Gasteiger partial charge in [0.25, 0.3) is 15.9 Å². The maximum atomic E-state index is 12.8. The number of nitrogens with two attached hydrogens (primary N) is 1. The van der Waals surface area contributed by atoms with Crippen LogP contribution in [0.2, 0.25) is 0 Å². The van der Waals surface area contributed by atoms with Crippen molar-refractivity contribution < 1.29 is 41.0 Å². The van der Waals surface area contributed by atoms with Crippen LogP contribution in [0.4, 0.5) is 11.4 Å². The van der Waals surface area contributed by atoms with Gasteiger partial charge in [-0.1, -0.05) is 0 Å². The van der Waals surface area contributed by atoms with E-state index in [0.717, 1.165) is 17.0 Å². The smallest absolute Gasteiger partial charge is 0.323 e. The Bertz CT molecular complexity index is 1270. The maximum Gasteiger partial charge on any atom is 0.323 e. The summed E-state index contributed by atoms with van der Waals surface area (Å²) in [6, 6.07) is 7.06. The number of fused-ring (bicyclic) bond motifs is 1. The number of nitrogens with one attached hydrogen (secondary N) is 1. The first-order valence-electron chi connectivity index (χ1n) is 8.45. The van der Waals surface area contributed by atoms with Gasteiger partial charge in [-0.3, -0.25) is 19.2 Å². The molecule has 0 saturated carbocycles. The number of aliphatic carboxylic acids is 1. The second-order valence-corrected chi connectivity index (χ2v) is 9.52. The molecule has 0 atom stereocenters. The molecule has 14 heteroatoms. The van der Waals surface area contributed by atoms with Gasteiger partial charge in [-0.25, -0.2) is 22.0 Å². The van der Waals surface area contributed by atoms with E-state index in [1.54, 1.807) is 0 Å². The van der Waals surface area contributed by atoms with Crippen LogP contribution in [0.1, 0.15) is 0 Å². The molecule has 166 valence electrons. The van der Waals surface area contributed by atoms with Crippen LogP contribution in [0.3, 0.4) is 0 Å². The van der Waals surface area contributed by atoms with Crippen molar-refractivity contribution in [1.82, 2.24) is 0 Å². The zero-order chi connectivity index (χ0) is 23.0. The van der Waals surface area contributed by atoms with Crippen molar-refractivity contribution in [3.8, 4) is 11.5 Å². The summed E-state index contributed by atoms with van der Waals surface area (Å²) in [5.74, 6) is -1.87. The van der Waals surface area contributed by atoms with Crippen LogP contribution in [0.15, 0.2) is 46.2 Å². The number of methoxy groups -OCH3 is 1. The molecular weight excluding hydrogens is 454 g/mol. The Labute approximate surface area is 177 Å². The van der Waals surface area contributed by atoms with Crippen LogP contribution in [-0.2, 0) is 29.6 Å². The number of ether oxygens (including phenoxy) is 2. The fourth-order valence-electron chi connectivity index (χ4n) is 2.83. The number of hydrogen-bond donors (Lipinski definition) is 3. The van der Waals surface area contributed by atoms with E-state index in [0.29, 0.717) is 0 Å². The number of sulfonamides is 2. The fourth-order valence-corrected chi connectivity index (χ4v) is 4.63. The van der Waals surface area contributed by atoms with Gasteiger partial charge in [0.15, 0.2) is 6.61 Å². The SMILES string of the molecule is COc1ccc(NS(=O)(=O)c2ccc3c(c2)N(CC(=O)O)C(=O)CO3)cc1S(N)(=O)=O. The van der Waals surface area contributed by atoms with E-state index in [-0.39, 0.29) is 34.4 Å². The molecule has 0 fully saturated rings. The van der Waals surface area contributed by atoms with Gasteiger partial charge < -0.3 is 14.6 Å². The van der Waals surface area contributed by atoms with Gasteiger partial charge in [0.05, 0.1) is 23.4 Å². The van der Waals surface area contributed by atoms with Gasteiger partial charge in [0.1, 0.15) is 22.9 Å². The van der Waals surface area contributed by atoms with E-state index in [9.17, 15) is 26.4 Å². The molecule has 2 aromatic carbocycles. The molecule has 0 unspecified atom stereocenters. The number of carboxylic acids is 1. The number of amides is 1. The normalized spacial score (nSPS) is 13.9. The topological polar surface area (TPSA) is 182 Å². The lowest BCUT2D eigenvalue weighted by atomic mass is 10.2. The number of nitrogens with zero attached hydrogens (tertiary/aromatic N) is 1. The fraction of sp³-hybridized carbons (Fsp3) is 0.176. The molecule has 0 aromatic heterocycles. The molecule has 1 aliphatic heterocycles. The average Bonchev–Trinajstić information content (AvgIpc) is 2.68. The van der Waals surface area contributed by atoms with Crippen molar-refractivity contribution in [3.63, 3.8) is 0 Å². The zero-order valence-electron chi connectivity index (χ0n) is 15.9. The zero-order valence-corrected chi connectivity index (χ0v) is 17.6. The summed E-state index contributed by atoms with van der Waals surface area (Å²) in [7, 11) is -7.24. The predicted octanol–water partition coefficient (Wildman–Crippen LogP) is -0.0466. The lowest BCUT2D eigenvalue weighted by molar-refractivity contribution is -0.137. The summed E-state index contributed by atoms with van der Waals surface area (Å²) in [6.07, 6.45) is 0. The molecule has 2 aromatic rings. The molecule has 4 N–H and O–H groups in total. The first-order valence-corrected chi connectivity index (χ1v) is 11.5. The van der Waals surface area contributed by atoms with Crippen molar-refractivity contribution in [2.24, 2.45) is 5.14 Å². The van der Waals surface area contributed by atoms with E-state index in [4.69, 9.17) is 19.7 Å². The van der Waals surface area contributed by atoms with E-state index >= 15 is 0 Å². The van der Waals surface area contributed by atoms with Crippen molar-refractivity contribution in [1.29, 1.82) is 0 Å². The molecule has 1 heterocycles. The second-order valence-electron chi connectivity index (χ2n) is 6.31. The van der Waals surface area contributed by atoms with Crippen LogP contribution in [0, 0.1) is 0 Å². The lowest BCUT2D eigenvalue weighted by Crippen LogP contribution is -2.42. The van der Waals surface area contributed by atoms with Gasteiger partial charge in [-0.15, -0.1) is 0 Å². The van der Waals surface area contributed by atoms with Crippen molar-refractivity contribution >= 4 is 43.3 Å². The maximum absolute atomic E-state index is 12.8. The second kappa shape index (κ2) is 8.05. The van der Waals surface area contributed by atoms with Crippen molar-refractivity contribution in [2.75, 3.05) is 29.9 Å². The molecule has 1 amide bonds. The third kappa shape index (κ3) is 4.70. The molecule has 0 saturated heterocycles. The Morgan fingerprint density at radius 3 is 2.55 bits per heavy atom. The van der Waals surface area contributed by atoms with Crippen molar-refractivity contribution in [2.45, 2.75) is 9.79 Å². The Balaban J connectivity index is 1.99. The summed E-state index contributed by atoms with van der Waals surface area (Å²) in [6.45, 7) is -1.06. The minimum atomic E-state index is -4.27. The lowest BCUT2D eigenvalue weighted by Gasteiger charge is -2.28. The van der Waals surface area contributed by atoms with Gasteiger partial charge in [0.2, 0.25) is 10.0 Å². The molecule has 1 aliphatic rings. The Kier molecular flexibility index (Phi) is 5.80. The largest absolute Gasteiger partial charge is 0.495 e. The summed E-state index contributed by atoms with van der Waals surface area (Å²) in [4.78, 5) is 23.3. The molecular formula is C17H17N3O9S2. The molecule has 12 nitrogen and oxygen atoms in total. The van der Waals surface area contributed by atoms with Gasteiger partial charge in [-0.05, 0) is 36.4 Å². The van der Waals surface area contributed by atoms with Crippen LogP contribution in [0.5, 0.6) is 11.5 Å². The van der Waals surface area contributed by atoms with Gasteiger partial charge in [-0.2, -0.15) is 0 Å². The number of carbonyl (C=O) groups excluding carboxylic acids is 1. The Morgan fingerprint density at radius 2 is 1.94 bits per heavy atom. The summed E-state index contributed by atoms with van der Waals surface area (Å²) in [5, 5.41) is 14.2. The number of carbonyl (C=O) groups is 2. The van der Waals surface area contributed by atoms with Crippen LogP contribution in [0.25, 0.3) is 0 Å². The average molecular weight is 471 g/mol. The number of benzene rings is 2. The highest BCUT2D eigenvalue weighted by Gasteiger charge is 2.29. The highest BCUT2D eigenvalue weighted by atomic mass is 32.2. The summed E-state index contributed by atoms with van der Waals surface area (Å²) in [5.41, 5.74) is -0.140. The highest BCUT2D eigenvalue weighted by molar-refractivity contribution is 7.92. The first-order chi connectivity index (χ1) is 14.4. The van der Waals surface area contributed by atoms with Crippen LogP contribution >= 0.6 is 0 Å². The minimum absolute atomic E-state index is 0.0264. The Morgan fingerprint density at radius 1 is 1.23 bits per heavy atom. The third-order valence-electron chi connectivity index (χ3n) is 4.20. The van der Waals surface area contributed by atoms with E-state index in [2.05, 4.69) is 4.72 Å².